The van der Waals surface area contributed by atoms with Crippen LogP contribution in [0.5, 0.6) is 5.75 Å². The van der Waals surface area contributed by atoms with Gasteiger partial charge in [-0.1, -0.05) is 93.5 Å². The molecule has 4 rings (SSSR count). The minimum Gasteiger partial charge on any atom is -0.507 e. The molecule has 0 radical (unpaired) electrons. The molecule has 0 aliphatic rings. The Morgan fingerprint density at radius 2 is 1.49 bits per heavy atom. The molecule has 1 amide bonds. The highest BCUT2D eigenvalue weighted by Crippen LogP contribution is 2.37. The molecule has 41 heavy (non-hydrogen) atoms. The smallest absolute Gasteiger partial charge is 0.343 e. The second-order valence-electron chi connectivity index (χ2n) is 10.7. The first-order valence-corrected chi connectivity index (χ1v) is 13.6. The number of anilines is 1. The Morgan fingerprint density at radius 3 is 2.10 bits per heavy atom. The van der Waals surface area contributed by atoms with Gasteiger partial charge in [-0.25, -0.2) is 4.79 Å². The number of oxime groups is 1. The predicted octanol–water partition coefficient (Wildman–Crippen LogP) is 6.70. The topological polar surface area (TPSA) is 129 Å². The number of aromatic hydroxyl groups is 1. The number of Topliss-reactive ketones (excluding diaryl/α,β-unsaturated/α-hetero) is 1. The molecular formula is C33H34N2O6. The minimum atomic E-state index is -0.859. The van der Waals surface area contributed by atoms with Gasteiger partial charge in [-0.15, -0.1) is 0 Å². The molecule has 3 aromatic carbocycles. The third-order valence-corrected chi connectivity index (χ3v) is 7.16. The fraction of sp³-hybridized carbons (Fsp3) is 0.273. The van der Waals surface area contributed by atoms with Gasteiger partial charge in [0.1, 0.15) is 17.1 Å². The normalized spacial score (nSPS) is 12.6. The maximum Gasteiger partial charge on any atom is 0.343 e. The number of hydrogen-bond donors (Lipinski definition) is 3. The van der Waals surface area contributed by atoms with E-state index in [0.29, 0.717) is 16.6 Å². The molecular weight excluding hydrogens is 520 g/mol. The Hall–Kier alpha value is -4.72. The van der Waals surface area contributed by atoms with Gasteiger partial charge in [0.05, 0.1) is 17.4 Å². The first kappa shape index (κ1) is 29.3. The summed E-state index contributed by atoms with van der Waals surface area (Å²) >= 11 is 0. The number of ketones is 1. The molecule has 4 aromatic rings. The van der Waals surface area contributed by atoms with Crippen LogP contribution in [0.1, 0.15) is 80.5 Å². The highest BCUT2D eigenvalue weighted by Gasteiger charge is 2.29. The molecule has 0 unspecified atom stereocenters. The fourth-order valence-electron chi connectivity index (χ4n) is 5.06. The highest BCUT2D eigenvalue weighted by atomic mass is 16.4. The lowest BCUT2D eigenvalue weighted by atomic mass is 9.86. The van der Waals surface area contributed by atoms with E-state index in [2.05, 4.69) is 10.5 Å². The molecule has 0 saturated heterocycles. The average Bonchev–Trinajstić information content (AvgIpc) is 2.95. The van der Waals surface area contributed by atoms with Gasteiger partial charge in [0.15, 0.2) is 5.71 Å². The van der Waals surface area contributed by atoms with Gasteiger partial charge >= 0.3 is 5.63 Å². The SMILES string of the molecule is CC(C)c1cccc(C(C)C)c1NC(=O)/C(CC(=O)C[C@H](c1ccccc1)c1c(O)c2ccccc2oc1=O)=N\O. The van der Waals surface area contributed by atoms with Crippen LogP contribution >= 0.6 is 0 Å². The number of carbonyl (C=O) groups excluding carboxylic acids is 2. The lowest BCUT2D eigenvalue weighted by Crippen LogP contribution is -2.27. The van der Waals surface area contributed by atoms with Crippen LogP contribution in [0.15, 0.2) is 87.2 Å². The van der Waals surface area contributed by atoms with Crippen LogP contribution in [0.4, 0.5) is 5.69 Å². The first-order valence-electron chi connectivity index (χ1n) is 13.6. The minimum absolute atomic E-state index is 0.0531. The predicted molar refractivity (Wildman–Crippen MR) is 159 cm³/mol. The number of amides is 1. The molecule has 0 spiro atoms. The Balaban J connectivity index is 1.63. The molecule has 0 fully saturated rings. The highest BCUT2D eigenvalue weighted by molar-refractivity contribution is 6.45. The van der Waals surface area contributed by atoms with E-state index < -0.39 is 29.7 Å². The summed E-state index contributed by atoms with van der Waals surface area (Å²) in [5, 5.41) is 27.2. The van der Waals surface area contributed by atoms with Crippen molar-refractivity contribution < 1.29 is 24.3 Å². The van der Waals surface area contributed by atoms with E-state index in [4.69, 9.17) is 4.42 Å². The van der Waals surface area contributed by atoms with Gasteiger partial charge in [-0.3, -0.25) is 9.59 Å². The van der Waals surface area contributed by atoms with Crippen molar-refractivity contribution in [3.63, 3.8) is 0 Å². The lowest BCUT2D eigenvalue weighted by Gasteiger charge is -2.20. The second kappa shape index (κ2) is 12.6. The van der Waals surface area contributed by atoms with Gasteiger partial charge in [0.2, 0.25) is 0 Å². The number of fused-ring (bicyclic) bond motifs is 1. The Kier molecular flexibility index (Phi) is 9.02. The summed E-state index contributed by atoms with van der Waals surface area (Å²) in [5.74, 6) is -2.04. The molecule has 3 N–H and O–H groups in total. The number of nitrogens with one attached hydrogen (secondary N) is 1. The summed E-state index contributed by atoms with van der Waals surface area (Å²) in [6.45, 7) is 8.06. The number of carbonyl (C=O) groups is 2. The van der Waals surface area contributed by atoms with Gasteiger partial charge in [0.25, 0.3) is 5.91 Å². The van der Waals surface area contributed by atoms with Crippen molar-refractivity contribution in [1.82, 2.24) is 0 Å². The van der Waals surface area contributed by atoms with Gasteiger partial charge < -0.3 is 20.0 Å². The summed E-state index contributed by atoms with van der Waals surface area (Å²) < 4.78 is 5.47. The Labute approximate surface area is 238 Å². The average molecular weight is 555 g/mol. The van der Waals surface area contributed by atoms with Crippen LogP contribution < -0.4 is 10.9 Å². The van der Waals surface area contributed by atoms with Crippen molar-refractivity contribution in [3.05, 3.63) is 105 Å². The molecule has 1 atom stereocenters. The van der Waals surface area contributed by atoms with Crippen LogP contribution in [0.2, 0.25) is 0 Å². The van der Waals surface area contributed by atoms with E-state index in [0.717, 1.165) is 11.1 Å². The molecule has 0 aliphatic carbocycles. The van der Waals surface area contributed by atoms with Crippen molar-refractivity contribution >= 4 is 34.1 Å². The van der Waals surface area contributed by atoms with Crippen LogP contribution in [-0.2, 0) is 9.59 Å². The number of benzene rings is 3. The van der Waals surface area contributed by atoms with Crippen LogP contribution in [0.25, 0.3) is 11.0 Å². The van der Waals surface area contributed by atoms with E-state index in [1.54, 1.807) is 54.6 Å². The van der Waals surface area contributed by atoms with E-state index in [-0.39, 0.29) is 40.9 Å². The molecule has 0 saturated carbocycles. The molecule has 8 nitrogen and oxygen atoms in total. The maximum atomic E-state index is 13.4. The van der Waals surface area contributed by atoms with E-state index >= 15 is 0 Å². The van der Waals surface area contributed by atoms with Crippen LogP contribution in [-0.4, -0.2) is 27.7 Å². The zero-order chi connectivity index (χ0) is 29.7. The zero-order valence-corrected chi connectivity index (χ0v) is 23.5. The fourth-order valence-corrected chi connectivity index (χ4v) is 5.06. The van der Waals surface area contributed by atoms with E-state index in [1.807, 2.05) is 45.9 Å². The summed E-state index contributed by atoms with van der Waals surface area (Å²) in [6, 6.07) is 21.2. The van der Waals surface area contributed by atoms with E-state index in [9.17, 15) is 24.7 Å². The van der Waals surface area contributed by atoms with Gasteiger partial charge in [0, 0.05) is 18.0 Å². The molecule has 8 heteroatoms. The molecule has 212 valence electrons. The summed E-state index contributed by atoms with van der Waals surface area (Å²) in [7, 11) is 0. The van der Waals surface area contributed by atoms with Crippen molar-refractivity contribution in [1.29, 1.82) is 0 Å². The van der Waals surface area contributed by atoms with Gasteiger partial charge in [-0.05, 0) is 40.7 Å². The molecule has 0 aliphatic heterocycles. The van der Waals surface area contributed by atoms with E-state index in [1.165, 1.54) is 0 Å². The number of rotatable bonds is 10. The number of para-hydroxylation sites is 2. The first-order chi connectivity index (χ1) is 19.6. The standard InChI is InChI=1S/C33H34N2O6/c1-19(2)23-14-10-15-24(20(3)4)30(23)34-32(38)27(35-40)18-22(36)17-26(21-11-6-5-7-12-21)29-31(37)25-13-8-9-16-28(25)41-33(29)39/h5-16,19-20,26,37,40H,17-18H2,1-4H3,(H,34,38)/b35-27-/t26-/m1/s1. The van der Waals surface area contributed by atoms with Crippen molar-refractivity contribution in [2.24, 2.45) is 5.16 Å². The molecule has 1 heterocycles. The maximum absolute atomic E-state index is 13.4. The zero-order valence-electron chi connectivity index (χ0n) is 23.5. The summed E-state index contributed by atoms with van der Waals surface area (Å²) in [4.78, 5) is 39.7. The third-order valence-electron chi connectivity index (χ3n) is 7.16. The van der Waals surface area contributed by atoms with Crippen molar-refractivity contribution in [2.75, 3.05) is 5.32 Å². The number of hydrogen-bond acceptors (Lipinski definition) is 7. The van der Waals surface area contributed by atoms with Crippen molar-refractivity contribution in [2.45, 2.75) is 58.3 Å². The molecule has 0 bridgehead atoms. The number of nitrogens with zero attached hydrogens (tertiary/aromatic N) is 1. The Morgan fingerprint density at radius 1 is 0.878 bits per heavy atom. The van der Waals surface area contributed by atoms with Crippen LogP contribution in [0, 0.1) is 0 Å². The summed E-state index contributed by atoms with van der Waals surface area (Å²) in [5.41, 5.74) is 2.16. The second-order valence-corrected chi connectivity index (χ2v) is 10.7. The third kappa shape index (κ3) is 6.38. The quantitative estimate of drug-likeness (QED) is 0.0866. The Bertz CT molecular complexity index is 1630. The molecule has 1 aromatic heterocycles. The van der Waals surface area contributed by atoms with Gasteiger partial charge in [-0.2, -0.15) is 0 Å². The van der Waals surface area contributed by atoms with Crippen molar-refractivity contribution in [3.8, 4) is 5.75 Å². The summed E-state index contributed by atoms with van der Waals surface area (Å²) in [6.07, 6.45) is -0.723. The monoisotopic (exact) mass is 554 g/mol. The largest absolute Gasteiger partial charge is 0.507 e. The lowest BCUT2D eigenvalue weighted by molar-refractivity contribution is -0.119. The van der Waals surface area contributed by atoms with Crippen LogP contribution in [0.3, 0.4) is 0 Å².